The van der Waals surface area contributed by atoms with Crippen LogP contribution in [0.15, 0.2) is 35.7 Å². The van der Waals surface area contributed by atoms with Gasteiger partial charge in [0.05, 0.1) is 12.6 Å². The molecule has 23 heavy (non-hydrogen) atoms. The predicted octanol–water partition coefficient (Wildman–Crippen LogP) is 2.12. The van der Waals surface area contributed by atoms with Crippen molar-refractivity contribution >= 4 is 23.2 Å². The Morgan fingerprint density at radius 1 is 1.30 bits per heavy atom. The zero-order valence-corrected chi connectivity index (χ0v) is 13.3. The molecule has 3 rings (SSSR count). The Bertz CT molecular complexity index is 716. The second-order valence-corrected chi connectivity index (χ2v) is 6.25. The van der Waals surface area contributed by atoms with Gasteiger partial charge in [-0.25, -0.2) is 9.78 Å². The molecule has 7 heteroatoms. The largest absolute Gasteiger partial charge is 0.479 e. The number of carbonyl (C=O) groups excluding carboxylic acids is 1. The SMILES string of the molecule is C[C@@H]1CN(C(=O)c2csc(-c3ccccc3)n2)CC(C(=O)O)O1. The molecule has 1 aliphatic rings. The molecule has 1 N–H and O–H groups in total. The maximum Gasteiger partial charge on any atom is 0.334 e. The molecule has 6 nitrogen and oxygen atoms in total. The lowest BCUT2D eigenvalue weighted by molar-refractivity contribution is -0.160. The minimum Gasteiger partial charge on any atom is -0.479 e. The third-order valence-corrected chi connectivity index (χ3v) is 4.46. The topological polar surface area (TPSA) is 79.7 Å². The van der Waals surface area contributed by atoms with Gasteiger partial charge in [-0.1, -0.05) is 30.3 Å². The molecule has 120 valence electrons. The molecule has 1 aromatic carbocycles. The van der Waals surface area contributed by atoms with E-state index >= 15 is 0 Å². The first kappa shape index (κ1) is 15.6. The van der Waals surface area contributed by atoms with Crippen LogP contribution in [0.5, 0.6) is 0 Å². The lowest BCUT2D eigenvalue weighted by Gasteiger charge is -2.34. The number of carboxylic acids is 1. The van der Waals surface area contributed by atoms with Gasteiger partial charge in [-0.05, 0) is 6.92 Å². The van der Waals surface area contributed by atoms with Gasteiger partial charge in [0, 0.05) is 17.5 Å². The molecular weight excluding hydrogens is 316 g/mol. The fraction of sp³-hybridized carbons (Fsp3) is 0.312. The van der Waals surface area contributed by atoms with Crippen LogP contribution in [0.3, 0.4) is 0 Å². The van der Waals surface area contributed by atoms with Crippen molar-refractivity contribution in [1.29, 1.82) is 0 Å². The summed E-state index contributed by atoms with van der Waals surface area (Å²) in [5.41, 5.74) is 1.29. The van der Waals surface area contributed by atoms with Crippen LogP contribution in [0.4, 0.5) is 0 Å². The summed E-state index contributed by atoms with van der Waals surface area (Å²) in [5, 5.41) is 11.6. The molecule has 0 spiro atoms. The number of hydrogen-bond donors (Lipinski definition) is 1. The van der Waals surface area contributed by atoms with Crippen molar-refractivity contribution in [3.05, 3.63) is 41.4 Å². The Balaban J connectivity index is 1.78. The van der Waals surface area contributed by atoms with Crippen molar-refractivity contribution in [3.63, 3.8) is 0 Å². The standard InChI is InChI=1S/C16H16N2O4S/c1-10-7-18(8-13(22-10)16(20)21)15(19)12-9-23-14(17-12)11-5-3-2-4-6-11/h2-6,9-10,13H,7-8H2,1H3,(H,20,21)/t10-,13?/m1/s1. The first-order chi connectivity index (χ1) is 11.0. The number of hydrogen-bond acceptors (Lipinski definition) is 5. The highest BCUT2D eigenvalue weighted by Crippen LogP contribution is 2.24. The van der Waals surface area contributed by atoms with Crippen LogP contribution in [0.1, 0.15) is 17.4 Å². The van der Waals surface area contributed by atoms with Crippen molar-refractivity contribution in [1.82, 2.24) is 9.88 Å². The number of carboxylic acid groups (broad SMARTS) is 1. The highest BCUT2D eigenvalue weighted by molar-refractivity contribution is 7.13. The number of benzene rings is 1. The number of nitrogens with zero attached hydrogens (tertiary/aromatic N) is 2. The number of ether oxygens (including phenoxy) is 1. The molecule has 1 fully saturated rings. The van der Waals surface area contributed by atoms with Crippen LogP contribution < -0.4 is 0 Å². The van der Waals surface area contributed by atoms with Gasteiger partial charge < -0.3 is 14.7 Å². The van der Waals surface area contributed by atoms with Crippen molar-refractivity contribution in [2.45, 2.75) is 19.1 Å². The molecule has 2 aromatic rings. The monoisotopic (exact) mass is 332 g/mol. The second kappa shape index (κ2) is 6.47. The van der Waals surface area contributed by atoms with Gasteiger partial charge in [-0.2, -0.15) is 0 Å². The van der Waals surface area contributed by atoms with E-state index in [9.17, 15) is 9.59 Å². The molecular formula is C16H16N2O4S. The minimum absolute atomic E-state index is 0.0384. The highest BCUT2D eigenvalue weighted by atomic mass is 32.1. The Morgan fingerprint density at radius 3 is 2.74 bits per heavy atom. The quantitative estimate of drug-likeness (QED) is 0.931. The molecule has 0 saturated carbocycles. The zero-order chi connectivity index (χ0) is 16.4. The highest BCUT2D eigenvalue weighted by Gasteiger charge is 2.33. The van der Waals surface area contributed by atoms with E-state index in [2.05, 4.69) is 4.98 Å². The lowest BCUT2D eigenvalue weighted by Crippen LogP contribution is -2.51. The van der Waals surface area contributed by atoms with E-state index in [1.165, 1.54) is 16.2 Å². The van der Waals surface area contributed by atoms with Gasteiger partial charge in [0.1, 0.15) is 10.7 Å². The predicted molar refractivity (Wildman–Crippen MR) is 85.4 cm³/mol. The molecule has 2 atom stereocenters. The normalized spacial score (nSPS) is 21.2. The summed E-state index contributed by atoms with van der Waals surface area (Å²) in [5.74, 6) is -1.32. The van der Waals surface area contributed by atoms with E-state index in [1.54, 1.807) is 12.3 Å². The molecule has 1 saturated heterocycles. The molecule has 1 aliphatic heterocycles. The fourth-order valence-corrected chi connectivity index (χ4v) is 3.30. The van der Waals surface area contributed by atoms with Crippen LogP contribution in [0, 0.1) is 0 Å². The summed E-state index contributed by atoms with van der Waals surface area (Å²) in [4.78, 5) is 29.6. The van der Waals surface area contributed by atoms with E-state index in [1.807, 2.05) is 30.3 Å². The number of thiazole rings is 1. The molecule has 0 bridgehead atoms. The molecule has 1 aromatic heterocycles. The number of aromatic nitrogens is 1. The second-order valence-electron chi connectivity index (χ2n) is 5.39. The van der Waals surface area contributed by atoms with Crippen molar-refractivity contribution < 1.29 is 19.4 Å². The van der Waals surface area contributed by atoms with Crippen LogP contribution in [0.2, 0.25) is 0 Å². The number of carbonyl (C=O) groups is 2. The van der Waals surface area contributed by atoms with Crippen LogP contribution in [-0.4, -0.2) is 52.2 Å². The van der Waals surface area contributed by atoms with Gasteiger partial charge in [-0.15, -0.1) is 11.3 Å². The van der Waals surface area contributed by atoms with E-state index < -0.39 is 12.1 Å². The molecule has 2 heterocycles. The van der Waals surface area contributed by atoms with Crippen LogP contribution in [0.25, 0.3) is 10.6 Å². The number of aliphatic carboxylic acids is 1. The molecule has 0 aliphatic carbocycles. The first-order valence-electron chi connectivity index (χ1n) is 7.23. The molecule has 1 unspecified atom stereocenters. The Kier molecular flexibility index (Phi) is 4.40. The smallest absolute Gasteiger partial charge is 0.334 e. The maximum atomic E-state index is 12.6. The minimum atomic E-state index is -1.06. The summed E-state index contributed by atoms with van der Waals surface area (Å²) in [6.45, 7) is 2.16. The first-order valence-corrected chi connectivity index (χ1v) is 8.11. The van der Waals surface area contributed by atoms with Gasteiger partial charge >= 0.3 is 5.97 Å². The van der Waals surface area contributed by atoms with E-state index in [0.29, 0.717) is 12.2 Å². The Labute approximate surface area is 137 Å². The van der Waals surface area contributed by atoms with E-state index in [-0.39, 0.29) is 18.6 Å². The van der Waals surface area contributed by atoms with Crippen molar-refractivity contribution in [2.75, 3.05) is 13.1 Å². The third-order valence-electron chi connectivity index (χ3n) is 3.57. The van der Waals surface area contributed by atoms with Crippen LogP contribution >= 0.6 is 11.3 Å². The Morgan fingerprint density at radius 2 is 2.04 bits per heavy atom. The third kappa shape index (κ3) is 3.40. The molecule has 0 radical (unpaired) electrons. The van der Waals surface area contributed by atoms with E-state index in [4.69, 9.17) is 9.84 Å². The Hall–Kier alpha value is -2.25. The van der Waals surface area contributed by atoms with Crippen LogP contribution in [-0.2, 0) is 9.53 Å². The number of rotatable bonds is 3. The van der Waals surface area contributed by atoms with Crippen molar-refractivity contribution in [3.8, 4) is 10.6 Å². The van der Waals surface area contributed by atoms with Gasteiger partial charge in [-0.3, -0.25) is 4.79 Å². The van der Waals surface area contributed by atoms with Gasteiger partial charge in [0.25, 0.3) is 5.91 Å². The number of amides is 1. The summed E-state index contributed by atoms with van der Waals surface area (Å²) < 4.78 is 5.33. The summed E-state index contributed by atoms with van der Waals surface area (Å²) >= 11 is 1.40. The fourth-order valence-electron chi connectivity index (χ4n) is 2.50. The average Bonchev–Trinajstić information content (AvgIpc) is 3.04. The molecule has 1 amide bonds. The van der Waals surface area contributed by atoms with Gasteiger partial charge in [0.15, 0.2) is 6.10 Å². The average molecular weight is 332 g/mol. The summed E-state index contributed by atoms with van der Waals surface area (Å²) in [6.07, 6.45) is -1.31. The number of morpholine rings is 1. The van der Waals surface area contributed by atoms with E-state index in [0.717, 1.165) is 10.6 Å². The lowest BCUT2D eigenvalue weighted by atomic mass is 10.2. The van der Waals surface area contributed by atoms with Gasteiger partial charge in [0.2, 0.25) is 0 Å². The maximum absolute atomic E-state index is 12.6. The summed E-state index contributed by atoms with van der Waals surface area (Å²) in [6, 6.07) is 9.62. The summed E-state index contributed by atoms with van der Waals surface area (Å²) in [7, 11) is 0. The van der Waals surface area contributed by atoms with Crippen molar-refractivity contribution in [2.24, 2.45) is 0 Å². The zero-order valence-electron chi connectivity index (χ0n) is 12.5.